The minimum Gasteiger partial charge on any atom is -0.426 e. The van der Waals surface area contributed by atoms with E-state index in [1.54, 1.807) is 30.3 Å². The summed E-state index contributed by atoms with van der Waals surface area (Å²) < 4.78 is 10.7. The Morgan fingerprint density at radius 1 is 1.23 bits per heavy atom. The highest BCUT2D eigenvalue weighted by atomic mass is 31.2. The van der Waals surface area contributed by atoms with Crippen molar-refractivity contribution < 1.29 is 28.3 Å². The third-order valence-corrected chi connectivity index (χ3v) is 3.90. The van der Waals surface area contributed by atoms with Gasteiger partial charge in [-0.05, 0) is 19.1 Å². The van der Waals surface area contributed by atoms with E-state index in [2.05, 4.69) is 10.2 Å². The molecule has 10 nitrogen and oxygen atoms in total. The lowest BCUT2D eigenvalue weighted by Gasteiger charge is -2.19. The Bertz CT molecular complexity index is 669. The lowest BCUT2D eigenvalue weighted by Crippen LogP contribution is -2.44. The molecule has 1 aromatic carbocycles. The van der Waals surface area contributed by atoms with Gasteiger partial charge in [0, 0.05) is 14.1 Å². The smallest absolute Gasteiger partial charge is 0.404 e. The van der Waals surface area contributed by atoms with Crippen LogP contribution in [0, 0.1) is 0 Å². The van der Waals surface area contributed by atoms with Crippen LogP contribution in [0.1, 0.15) is 6.92 Å². The molecule has 1 N–H and O–H groups in total. The highest BCUT2D eigenvalue weighted by molar-refractivity contribution is 7.45. The predicted octanol–water partition coefficient (Wildman–Crippen LogP) is 1.14. The molecular weight excluding hydrogens is 363 g/mol. The van der Waals surface area contributed by atoms with Gasteiger partial charge in [-0.25, -0.2) is 9.88 Å². The van der Waals surface area contributed by atoms with Crippen LogP contribution < -0.4 is 9.61 Å². The zero-order valence-corrected chi connectivity index (χ0v) is 15.4. The number of nitrogens with zero attached hydrogens (tertiary/aromatic N) is 3. The summed E-state index contributed by atoms with van der Waals surface area (Å²) in [5.74, 6) is -0.273. The predicted molar refractivity (Wildman–Crippen MR) is 94.2 cm³/mol. The number of hydrogen-bond acceptors (Lipinski definition) is 8. The average molecular weight is 382 g/mol. The SMILES string of the molecule is C/C(=N\OP(NCC=O)Oc1ccccc1)C(=O)N(C)C(=O)N(C)C=O. The summed E-state index contributed by atoms with van der Waals surface area (Å²) in [6.45, 7) is 1.30. The molecule has 1 rings (SSSR count). The Balaban J connectivity index is 2.76. The first-order valence-electron chi connectivity index (χ1n) is 7.32. The summed E-state index contributed by atoms with van der Waals surface area (Å²) in [7, 11) is 0.585. The molecule has 0 fully saturated rings. The molecule has 0 saturated heterocycles. The van der Waals surface area contributed by atoms with Crippen molar-refractivity contribution in [2.24, 2.45) is 5.16 Å². The van der Waals surface area contributed by atoms with Crippen molar-refractivity contribution in [1.82, 2.24) is 14.9 Å². The molecule has 0 aliphatic rings. The fourth-order valence-corrected chi connectivity index (χ4v) is 2.40. The Morgan fingerprint density at radius 3 is 2.46 bits per heavy atom. The Hall–Kier alpha value is -2.84. The van der Waals surface area contributed by atoms with E-state index in [-0.39, 0.29) is 18.7 Å². The molecular formula is C15H19N4O6P. The van der Waals surface area contributed by atoms with Crippen LogP contribution in [0.4, 0.5) is 4.79 Å². The number of benzene rings is 1. The van der Waals surface area contributed by atoms with E-state index in [1.165, 1.54) is 21.0 Å². The van der Waals surface area contributed by atoms with Crippen LogP contribution >= 0.6 is 8.53 Å². The number of amides is 4. The van der Waals surface area contributed by atoms with E-state index < -0.39 is 20.5 Å². The second-order valence-electron chi connectivity index (χ2n) is 4.81. The fraction of sp³-hybridized carbons (Fsp3) is 0.267. The van der Waals surface area contributed by atoms with Crippen molar-refractivity contribution in [3.63, 3.8) is 0 Å². The van der Waals surface area contributed by atoms with Gasteiger partial charge in [0.2, 0.25) is 6.41 Å². The second-order valence-corrected chi connectivity index (χ2v) is 5.99. The first-order valence-corrected chi connectivity index (χ1v) is 8.50. The van der Waals surface area contributed by atoms with Crippen LogP contribution in [0.25, 0.3) is 0 Å². The van der Waals surface area contributed by atoms with E-state index in [4.69, 9.17) is 9.15 Å². The molecule has 4 amide bonds. The number of imide groups is 2. The number of carbonyl (C=O) groups is 4. The van der Waals surface area contributed by atoms with Gasteiger partial charge >= 0.3 is 14.6 Å². The van der Waals surface area contributed by atoms with Crippen LogP contribution in [0.15, 0.2) is 35.5 Å². The minimum atomic E-state index is -1.84. The Morgan fingerprint density at radius 2 is 1.88 bits per heavy atom. The number of aldehydes is 1. The fourth-order valence-electron chi connectivity index (χ4n) is 1.52. The number of urea groups is 1. The topological polar surface area (TPSA) is 118 Å². The van der Waals surface area contributed by atoms with Crippen molar-refractivity contribution in [2.75, 3.05) is 20.6 Å². The molecule has 0 bridgehead atoms. The first-order chi connectivity index (χ1) is 12.4. The quantitative estimate of drug-likeness (QED) is 0.294. The summed E-state index contributed by atoms with van der Waals surface area (Å²) in [6.07, 6.45) is 0.905. The number of oxime groups is 1. The van der Waals surface area contributed by atoms with E-state index >= 15 is 0 Å². The third kappa shape index (κ3) is 6.58. The van der Waals surface area contributed by atoms with E-state index in [0.29, 0.717) is 16.9 Å². The minimum absolute atomic E-state index is 0.0381. The number of hydrogen-bond donors (Lipinski definition) is 1. The zero-order chi connectivity index (χ0) is 19.5. The van der Waals surface area contributed by atoms with Crippen molar-refractivity contribution in [3.05, 3.63) is 30.3 Å². The molecule has 26 heavy (non-hydrogen) atoms. The molecule has 0 aliphatic carbocycles. The first kappa shape index (κ1) is 21.2. The molecule has 0 aliphatic heterocycles. The molecule has 1 atom stereocenters. The number of nitrogens with one attached hydrogen (secondary N) is 1. The van der Waals surface area contributed by atoms with Gasteiger partial charge < -0.3 is 13.9 Å². The lowest BCUT2D eigenvalue weighted by molar-refractivity contribution is -0.121. The van der Waals surface area contributed by atoms with E-state index in [0.717, 1.165) is 4.90 Å². The van der Waals surface area contributed by atoms with Gasteiger partial charge in [-0.1, -0.05) is 23.4 Å². The van der Waals surface area contributed by atoms with Gasteiger partial charge in [0.1, 0.15) is 17.7 Å². The number of para-hydroxylation sites is 1. The average Bonchev–Trinajstić information content (AvgIpc) is 2.67. The standard InChI is InChI=1S/C15H19N4O6P/c1-12(14(22)19(3)15(23)18(2)11-21)17-25-26(16-9-10-20)24-13-7-5-4-6-8-13/h4-8,10-11,16H,9H2,1-3H3/b17-12+. The van der Waals surface area contributed by atoms with Crippen molar-refractivity contribution in [1.29, 1.82) is 0 Å². The molecule has 0 radical (unpaired) electrons. The van der Waals surface area contributed by atoms with Crippen LogP contribution in [-0.2, 0) is 19.0 Å². The molecule has 140 valence electrons. The van der Waals surface area contributed by atoms with Gasteiger partial charge in [0.15, 0.2) is 0 Å². The second kappa shape index (κ2) is 10.9. The van der Waals surface area contributed by atoms with E-state index in [1.807, 2.05) is 0 Å². The molecule has 0 spiro atoms. The molecule has 0 saturated carbocycles. The molecule has 1 unspecified atom stereocenters. The van der Waals surface area contributed by atoms with Gasteiger partial charge in [0.05, 0.1) is 6.54 Å². The highest BCUT2D eigenvalue weighted by Gasteiger charge is 2.23. The Labute approximate surface area is 151 Å². The maximum atomic E-state index is 12.1. The van der Waals surface area contributed by atoms with Crippen molar-refractivity contribution in [3.8, 4) is 5.75 Å². The Kier molecular flexibility index (Phi) is 8.90. The van der Waals surface area contributed by atoms with Crippen molar-refractivity contribution in [2.45, 2.75) is 6.92 Å². The normalized spacial score (nSPS) is 11.9. The van der Waals surface area contributed by atoms with Crippen LogP contribution in [0.5, 0.6) is 5.75 Å². The monoisotopic (exact) mass is 382 g/mol. The number of carbonyl (C=O) groups excluding carboxylic acids is 4. The molecule has 0 aromatic heterocycles. The lowest BCUT2D eigenvalue weighted by atomic mass is 10.3. The summed E-state index contributed by atoms with van der Waals surface area (Å²) in [4.78, 5) is 46.5. The third-order valence-electron chi connectivity index (χ3n) is 2.85. The summed E-state index contributed by atoms with van der Waals surface area (Å²) in [5, 5.41) is 6.34. The maximum absolute atomic E-state index is 12.1. The zero-order valence-electron chi connectivity index (χ0n) is 14.5. The summed E-state index contributed by atoms with van der Waals surface area (Å²) in [6, 6.07) is 7.87. The van der Waals surface area contributed by atoms with Gasteiger partial charge in [-0.15, -0.1) is 0 Å². The van der Waals surface area contributed by atoms with Crippen LogP contribution in [-0.4, -0.2) is 60.8 Å². The van der Waals surface area contributed by atoms with Gasteiger partial charge in [0.25, 0.3) is 5.91 Å². The molecule has 1 aromatic rings. The van der Waals surface area contributed by atoms with E-state index in [9.17, 15) is 19.2 Å². The van der Waals surface area contributed by atoms with Gasteiger partial charge in [-0.2, -0.15) is 0 Å². The number of rotatable bonds is 9. The largest absolute Gasteiger partial charge is 0.426 e. The van der Waals surface area contributed by atoms with Crippen LogP contribution in [0.2, 0.25) is 0 Å². The molecule has 0 heterocycles. The maximum Gasteiger partial charge on any atom is 0.404 e. The summed E-state index contributed by atoms with van der Waals surface area (Å²) in [5.41, 5.74) is -0.141. The van der Waals surface area contributed by atoms with Gasteiger partial charge in [-0.3, -0.25) is 19.4 Å². The van der Waals surface area contributed by atoms with Crippen LogP contribution in [0.3, 0.4) is 0 Å². The van der Waals surface area contributed by atoms with Crippen molar-refractivity contribution >= 4 is 38.9 Å². The highest BCUT2D eigenvalue weighted by Crippen LogP contribution is 2.35. The molecule has 11 heteroatoms. The summed E-state index contributed by atoms with van der Waals surface area (Å²) >= 11 is 0.